The lowest BCUT2D eigenvalue weighted by atomic mass is 9.96. The van der Waals surface area contributed by atoms with Gasteiger partial charge in [-0.05, 0) is 55.4 Å². The number of primary amides is 1. The molecule has 3 heterocycles. The minimum absolute atomic E-state index is 0.128. The summed E-state index contributed by atoms with van der Waals surface area (Å²) in [7, 11) is 0. The van der Waals surface area contributed by atoms with Crippen molar-refractivity contribution in [2.75, 3.05) is 18.0 Å². The predicted molar refractivity (Wildman–Crippen MR) is 104 cm³/mol. The molecule has 1 unspecified atom stereocenters. The smallest absolute Gasteiger partial charge is 0.222 e. The van der Waals surface area contributed by atoms with E-state index in [1.165, 1.54) is 5.56 Å². The molecule has 0 saturated carbocycles. The fourth-order valence-electron chi connectivity index (χ4n) is 4.80. The van der Waals surface area contributed by atoms with Gasteiger partial charge in [0.1, 0.15) is 11.9 Å². The summed E-state index contributed by atoms with van der Waals surface area (Å²) < 4.78 is 2.14. The maximum Gasteiger partial charge on any atom is 0.222 e. The van der Waals surface area contributed by atoms with Gasteiger partial charge in [-0.1, -0.05) is 12.1 Å². The fourth-order valence-corrected chi connectivity index (χ4v) is 4.80. The number of nitrogens with two attached hydrogens (primary N) is 1. The molecule has 2 N–H and O–H groups in total. The van der Waals surface area contributed by atoms with Gasteiger partial charge in [0.25, 0.3) is 0 Å². The van der Waals surface area contributed by atoms with Crippen molar-refractivity contribution >= 4 is 28.4 Å². The molecule has 1 atom stereocenters. The molecule has 1 aliphatic carbocycles. The summed E-state index contributed by atoms with van der Waals surface area (Å²) in [5.74, 6) is 0.754. The first-order valence-corrected chi connectivity index (χ1v) is 9.58. The number of carbonyl (C=O) groups is 1. The van der Waals surface area contributed by atoms with Gasteiger partial charge in [0, 0.05) is 13.1 Å². The van der Waals surface area contributed by atoms with Crippen molar-refractivity contribution in [1.29, 1.82) is 5.26 Å². The van der Waals surface area contributed by atoms with E-state index in [2.05, 4.69) is 21.4 Å². The number of amides is 1. The zero-order valence-electron chi connectivity index (χ0n) is 15.1. The third-order valence-electron chi connectivity index (χ3n) is 6.02. The lowest BCUT2D eigenvalue weighted by Crippen LogP contribution is -2.42. The van der Waals surface area contributed by atoms with Crippen LogP contribution in [0.1, 0.15) is 36.0 Å². The van der Waals surface area contributed by atoms with Crippen molar-refractivity contribution in [1.82, 2.24) is 9.38 Å². The van der Waals surface area contributed by atoms with Crippen molar-refractivity contribution in [2.24, 2.45) is 11.7 Å². The Morgan fingerprint density at radius 3 is 2.85 bits per heavy atom. The number of aromatic nitrogens is 2. The summed E-state index contributed by atoms with van der Waals surface area (Å²) >= 11 is 0. The predicted octanol–water partition coefficient (Wildman–Crippen LogP) is 2.55. The van der Waals surface area contributed by atoms with Crippen molar-refractivity contribution in [3.63, 3.8) is 0 Å². The van der Waals surface area contributed by atoms with Gasteiger partial charge in [0.2, 0.25) is 5.91 Å². The highest BCUT2D eigenvalue weighted by Gasteiger charge is 2.31. The number of pyridine rings is 1. The highest BCUT2D eigenvalue weighted by atomic mass is 16.1. The minimum Gasteiger partial charge on any atom is -0.369 e. The summed E-state index contributed by atoms with van der Waals surface area (Å²) in [5, 5.41) is 9.86. The van der Waals surface area contributed by atoms with Crippen LogP contribution in [0.2, 0.25) is 0 Å². The second-order valence-electron chi connectivity index (χ2n) is 7.57. The molecule has 0 spiro atoms. The summed E-state index contributed by atoms with van der Waals surface area (Å²) in [6, 6.07) is 10.4. The van der Waals surface area contributed by atoms with Gasteiger partial charge in [-0.2, -0.15) is 5.26 Å². The number of hydrogen-bond acceptors (Lipinski definition) is 4. The van der Waals surface area contributed by atoms with Gasteiger partial charge < -0.3 is 10.6 Å². The third-order valence-corrected chi connectivity index (χ3v) is 6.02. The average molecular weight is 359 g/mol. The largest absolute Gasteiger partial charge is 0.369 e. The number of hydrogen-bond donors (Lipinski definition) is 1. The Kier molecular flexibility index (Phi) is 3.57. The molecule has 6 nitrogen and oxygen atoms in total. The highest BCUT2D eigenvalue weighted by molar-refractivity contribution is 5.87. The SMILES string of the molecule is N#Cc1c2c(c(N3CCCC(C(N)=O)C3)n3c1nc1ccccc13)CCC2. The number of nitriles is 1. The van der Waals surface area contributed by atoms with E-state index in [-0.39, 0.29) is 11.8 Å². The molecule has 1 fully saturated rings. The molecule has 0 radical (unpaired) electrons. The van der Waals surface area contributed by atoms with Crippen molar-refractivity contribution < 1.29 is 4.79 Å². The quantitative estimate of drug-likeness (QED) is 0.762. The van der Waals surface area contributed by atoms with E-state index >= 15 is 0 Å². The molecule has 2 aliphatic rings. The van der Waals surface area contributed by atoms with E-state index < -0.39 is 0 Å². The Morgan fingerprint density at radius 1 is 1.22 bits per heavy atom. The summed E-state index contributed by atoms with van der Waals surface area (Å²) in [6.07, 6.45) is 4.71. The summed E-state index contributed by atoms with van der Waals surface area (Å²) in [6.45, 7) is 1.53. The maximum absolute atomic E-state index is 11.8. The van der Waals surface area contributed by atoms with Crippen LogP contribution in [0.25, 0.3) is 16.7 Å². The number of para-hydroxylation sites is 2. The average Bonchev–Trinajstić information content (AvgIpc) is 3.31. The molecule has 0 bridgehead atoms. The van der Waals surface area contributed by atoms with Gasteiger partial charge in [-0.3, -0.25) is 9.20 Å². The lowest BCUT2D eigenvalue weighted by Gasteiger charge is -2.35. The second kappa shape index (κ2) is 5.98. The van der Waals surface area contributed by atoms with Crippen LogP contribution in [0.15, 0.2) is 24.3 Å². The van der Waals surface area contributed by atoms with E-state index in [0.29, 0.717) is 12.1 Å². The van der Waals surface area contributed by atoms with Crippen molar-refractivity contribution in [3.05, 3.63) is 41.0 Å². The topological polar surface area (TPSA) is 87.4 Å². The highest BCUT2D eigenvalue weighted by Crippen LogP contribution is 2.39. The van der Waals surface area contributed by atoms with Crippen LogP contribution < -0.4 is 10.6 Å². The Balaban J connectivity index is 1.83. The molecule has 1 aliphatic heterocycles. The van der Waals surface area contributed by atoms with Crippen LogP contribution in [-0.2, 0) is 17.6 Å². The summed E-state index contributed by atoms with van der Waals surface area (Å²) in [5.41, 5.74) is 11.3. The second-order valence-corrected chi connectivity index (χ2v) is 7.57. The van der Waals surface area contributed by atoms with E-state index in [4.69, 9.17) is 10.7 Å². The van der Waals surface area contributed by atoms with Gasteiger partial charge in [0.05, 0.1) is 22.5 Å². The van der Waals surface area contributed by atoms with Gasteiger partial charge in [-0.15, -0.1) is 0 Å². The van der Waals surface area contributed by atoms with Crippen LogP contribution in [0.3, 0.4) is 0 Å². The molecule has 3 aromatic rings. The number of rotatable bonds is 2. The number of anilines is 1. The number of benzene rings is 1. The number of nitrogens with zero attached hydrogens (tertiary/aromatic N) is 4. The molecule has 136 valence electrons. The van der Waals surface area contributed by atoms with Crippen LogP contribution in [0, 0.1) is 17.2 Å². The lowest BCUT2D eigenvalue weighted by molar-refractivity contribution is -0.122. The summed E-state index contributed by atoms with van der Waals surface area (Å²) in [4.78, 5) is 18.9. The van der Waals surface area contributed by atoms with Crippen LogP contribution >= 0.6 is 0 Å². The first kappa shape index (κ1) is 16.1. The van der Waals surface area contributed by atoms with Gasteiger partial charge in [0.15, 0.2) is 5.65 Å². The van der Waals surface area contributed by atoms with Crippen LogP contribution in [0.4, 0.5) is 5.82 Å². The third kappa shape index (κ3) is 2.31. The zero-order valence-corrected chi connectivity index (χ0v) is 15.1. The Hall–Kier alpha value is -3.07. The standard InChI is InChI=1S/C21H21N5O/c22-11-16-14-6-3-7-15(14)21(25-10-4-5-13(12-25)19(23)27)26-18-9-2-1-8-17(18)24-20(16)26/h1-2,8-9,13H,3-7,10,12H2,(H2,23,27). The molecule has 2 aromatic heterocycles. The molecule has 5 rings (SSSR count). The molecular weight excluding hydrogens is 338 g/mol. The molecule has 1 aromatic carbocycles. The number of carbonyl (C=O) groups excluding carboxylic acids is 1. The normalized spacial score (nSPS) is 19.4. The van der Waals surface area contributed by atoms with Crippen LogP contribution in [-0.4, -0.2) is 28.4 Å². The fraction of sp³-hybridized carbons (Fsp3) is 0.381. The molecule has 6 heteroatoms. The van der Waals surface area contributed by atoms with E-state index in [9.17, 15) is 10.1 Å². The number of fused-ring (bicyclic) bond motifs is 4. The number of piperidine rings is 1. The maximum atomic E-state index is 11.8. The number of imidazole rings is 1. The van der Waals surface area contributed by atoms with E-state index in [1.807, 2.05) is 18.2 Å². The Morgan fingerprint density at radius 2 is 2.04 bits per heavy atom. The molecule has 27 heavy (non-hydrogen) atoms. The van der Waals surface area contributed by atoms with E-state index in [0.717, 1.165) is 66.7 Å². The van der Waals surface area contributed by atoms with Crippen molar-refractivity contribution in [2.45, 2.75) is 32.1 Å². The van der Waals surface area contributed by atoms with Crippen molar-refractivity contribution in [3.8, 4) is 6.07 Å². The monoisotopic (exact) mass is 359 g/mol. The van der Waals surface area contributed by atoms with E-state index in [1.54, 1.807) is 0 Å². The molecule has 1 amide bonds. The first-order chi connectivity index (χ1) is 13.2. The van der Waals surface area contributed by atoms with Crippen LogP contribution in [0.5, 0.6) is 0 Å². The first-order valence-electron chi connectivity index (χ1n) is 9.58. The molecule has 1 saturated heterocycles. The van der Waals surface area contributed by atoms with Gasteiger partial charge >= 0.3 is 0 Å². The molecular formula is C21H21N5O. The minimum atomic E-state index is -0.225. The zero-order chi connectivity index (χ0) is 18.5. The van der Waals surface area contributed by atoms with Gasteiger partial charge in [-0.25, -0.2) is 4.98 Å². The Bertz CT molecular complexity index is 1120. The Labute approximate surface area is 157 Å².